The number of rotatable bonds is 3. The lowest BCUT2D eigenvalue weighted by Gasteiger charge is -2.28. The average molecular weight is 302 g/mol. The molecule has 1 aliphatic heterocycles. The van der Waals surface area contributed by atoms with E-state index >= 15 is 0 Å². The van der Waals surface area contributed by atoms with Gasteiger partial charge in [-0.05, 0) is 12.1 Å². The van der Waals surface area contributed by atoms with Crippen LogP contribution in [0.3, 0.4) is 0 Å². The standard InChI is InChI=1S/C11H14N2O4S2/c1-19(16,17)10-4-2-3-9(11(10)13(14)15)12-5-7-18-8-6-12/h2-4H,5-8H2,1H3. The molecular weight excluding hydrogens is 288 g/mol. The summed E-state index contributed by atoms with van der Waals surface area (Å²) in [6.07, 6.45) is 0.991. The minimum absolute atomic E-state index is 0.215. The van der Waals surface area contributed by atoms with E-state index in [-0.39, 0.29) is 10.6 Å². The predicted octanol–water partition coefficient (Wildman–Crippen LogP) is 1.55. The van der Waals surface area contributed by atoms with E-state index in [4.69, 9.17) is 0 Å². The molecule has 104 valence electrons. The number of anilines is 1. The maximum absolute atomic E-state index is 11.7. The lowest BCUT2D eigenvalue weighted by molar-refractivity contribution is -0.387. The third-order valence-corrected chi connectivity index (χ3v) is 4.98. The molecule has 0 amide bonds. The quantitative estimate of drug-likeness (QED) is 0.622. The van der Waals surface area contributed by atoms with Crippen LogP contribution in [0.5, 0.6) is 0 Å². The second-order valence-electron chi connectivity index (χ2n) is 4.25. The minimum atomic E-state index is -3.61. The third-order valence-electron chi connectivity index (χ3n) is 2.91. The molecule has 0 spiro atoms. The summed E-state index contributed by atoms with van der Waals surface area (Å²) in [5.41, 5.74) is 0.0881. The number of nitrogens with zero attached hydrogens (tertiary/aromatic N) is 2. The summed E-state index contributed by atoms with van der Waals surface area (Å²) < 4.78 is 23.3. The average Bonchev–Trinajstić information content (AvgIpc) is 2.37. The van der Waals surface area contributed by atoms with Gasteiger partial charge in [0.2, 0.25) is 0 Å². The Hall–Kier alpha value is -1.28. The number of thioether (sulfide) groups is 1. The van der Waals surface area contributed by atoms with Crippen LogP contribution in [-0.2, 0) is 9.84 Å². The number of hydrogen-bond acceptors (Lipinski definition) is 6. The second kappa shape index (κ2) is 5.38. The van der Waals surface area contributed by atoms with Gasteiger partial charge >= 0.3 is 5.69 Å². The molecule has 1 heterocycles. The van der Waals surface area contributed by atoms with E-state index in [1.165, 1.54) is 6.07 Å². The molecule has 1 aromatic carbocycles. The zero-order valence-electron chi connectivity index (χ0n) is 10.4. The molecule has 1 aromatic rings. The van der Waals surface area contributed by atoms with E-state index in [9.17, 15) is 18.5 Å². The maximum Gasteiger partial charge on any atom is 0.311 e. The molecule has 1 saturated heterocycles. The van der Waals surface area contributed by atoms with Crippen molar-refractivity contribution in [3.8, 4) is 0 Å². The summed E-state index contributed by atoms with van der Waals surface area (Å²) in [6.45, 7) is 1.39. The molecule has 19 heavy (non-hydrogen) atoms. The van der Waals surface area contributed by atoms with Crippen molar-refractivity contribution in [3.05, 3.63) is 28.3 Å². The predicted molar refractivity (Wildman–Crippen MR) is 75.7 cm³/mol. The summed E-state index contributed by atoms with van der Waals surface area (Å²) in [4.78, 5) is 12.3. The van der Waals surface area contributed by atoms with Crippen LogP contribution in [0, 0.1) is 10.1 Å². The number of sulfone groups is 1. The van der Waals surface area contributed by atoms with Gasteiger partial charge in [0.25, 0.3) is 0 Å². The smallest absolute Gasteiger partial charge is 0.311 e. The van der Waals surface area contributed by atoms with Crippen molar-refractivity contribution >= 4 is 33.0 Å². The monoisotopic (exact) mass is 302 g/mol. The van der Waals surface area contributed by atoms with Gasteiger partial charge in [-0.25, -0.2) is 8.42 Å². The van der Waals surface area contributed by atoms with Crippen molar-refractivity contribution in [3.63, 3.8) is 0 Å². The van der Waals surface area contributed by atoms with Crippen LogP contribution in [0.1, 0.15) is 0 Å². The van der Waals surface area contributed by atoms with Crippen molar-refractivity contribution < 1.29 is 13.3 Å². The van der Waals surface area contributed by atoms with Gasteiger partial charge in [0, 0.05) is 30.9 Å². The van der Waals surface area contributed by atoms with Gasteiger partial charge in [0.05, 0.1) is 4.92 Å². The summed E-state index contributed by atoms with van der Waals surface area (Å²) >= 11 is 1.79. The first-order valence-corrected chi connectivity index (χ1v) is 8.76. The number of benzene rings is 1. The number of hydrogen-bond donors (Lipinski definition) is 0. The van der Waals surface area contributed by atoms with E-state index in [1.807, 2.05) is 4.90 Å². The van der Waals surface area contributed by atoms with E-state index in [2.05, 4.69) is 0 Å². The van der Waals surface area contributed by atoms with Gasteiger partial charge in [-0.1, -0.05) is 6.07 Å². The Morgan fingerprint density at radius 1 is 1.32 bits per heavy atom. The molecular formula is C11H14N2O4S2. The normalized spacial score (nSPS) is 16.4. The fraction of sp³-hybridized carbons (Fsp3) is 0.455. The molecule has 0 aromatic heterocycles. The van der Waals surface area contributed by atoms with E-state index in [0.29, 0.717) is 18.8 Å². The van der Waals surface area contributed by atoms with Crippen LogP contribution in [0.15, 0.2) is 23.1 Å². The first-order valence-electron chi connectivity index (χ1n) is 5.71. The van der Waals surface area contributed by atoms with Crippen molar-refractivity contribution in [1.82, 2.24) is 0 Å². The van der Waals surface area contributed by atoms with Crippen molar-refractivity contribution in [2.24, 2.45) is 0 Å². The van der Waals surface area contributed by atoms with Crippen molar-refractivity contribution in [2.45, 2.75) is 4.90 Å². The Kier molecular flexibility index (Phi) is 4.00. The Morgan fingerprint density at radius 2 is 1.95 bits per heavy atom. The zero-order chi connectivity index (χ0) is 14.0. The molecule has 0 radical (unpaired) electrons. The Bertz CT molecular complexity index is 595. The SMILES string of the molecule is CS(=O)(=O)c1cccc(N2CCSCC2)c1[N+](=O)[O-]. The van der Waals surface area contributed by atoms with Gasteiger partial charge in [-0.3, -0.25) is 10.1 Å². The highest BCUT2D eigenvalue weighted by Crippen LogP contribution is 2.35. The first kappa shape index (κ1) is 14.1. The molecule has 8 heteroatoms. The van der Waals surface area contributed by atoms with Crippen LogP contribution >= 0.6 is 11.8 Å². The molecule has 0 N–H and O–H groups in total. The lowest BCUT2D eigenvalue weighted by Crippen LogP contribution is -2.33. The van der Waals surface area contributed by atoms with Crippen LogP contribution in [0.2, 0.25) is 0 Å². The number of nitro benzene ring substituents is 1. The highest BCUT2D eigenvalue weighted by molar-refractivity contribution is 7.99. The highest BCUT2D eigenvalue weighted by atomic mass is 32.2. The summed E-state index contributed by atoms with van der Waals surface area (Å²) in [7, 11) is -3.61. The fourth-order valence-corrected chi connectivity index (χ4v) is 3.81. The van der Waals surface area contributed by atoms with Gasteiger partial charge in [-0.2, -0.15) is 11.8 Å². The largest absolute Gasteiger partial charge is 0.364 e. The summed E-state index contributed by atoms with van der Waals surface area (Å²) in [5, 5.41) is 11.2. The molecule has 0 saturated carbocycles. The van der Waals surface area contributed by atoms with Crippen molar-refractivity contribution in [1.29, 1.82) is 0 Å². The molecule has 0 bridgehead atoms. The molecule has 1 fully saturated rings. The van der Waals surface area contributed by atoms with Crippen LogP contribution in [0.25, 0.3) is 0 Å². The highest BCUT2D eigenvalue weighted by Gasteiger charge is 2.29. The van der Waals surface area contributed by atoms with E-state index in [0.717, 1.165) is 17.8 Å². The molecule has 0 aliphatic carbocycles. The summed E-state index contributed by atoms with van der Waals surface area (Å²) in [6, 6.07) is 4.46. The Morgan fingerprint density at radius 3 is 2.47 bits per heavy atom. The van der Waals surface area contributed by atoms with Crippen LogP contribution in [0.4, 0.5) is 11.4 Å². The topological polar surface area (TPSA) is 80.5 Å². The molecule has 2 rings (SSSR count). The molecule has 6 nitrogen and oxygen atoms in total. The Labute approximate surface area is 115 Å². The van der Waals surface area contributed by atoms with E-state index in [1.54, 1.807) is 23.9 Å². The van der Waals surface area contributed by atoms with Gasteiger partial charge in [0.1, 0.15) is 10.6 Å². The van der Waals surface area contributed by atoms with Gasteiger partial charge < -0.3 is 4.90 Å². The van der Waals surface area contributed by atoms with Crippen LogP contribution < -0.4 is 4.90 Å². The van der Waals surface area contributed by atoms with Gasteiger partial charge in [0.15, 0.2) is 9.84 Å². The Balaban J connectivity index is 2.57. The first-order chi connectivity index (χ1) is 8.91. The molecule has 0 atom stereocenters. The zero-order valence-corrected chi connectivity index (χ0v) is 12.0. The lowest BCUT2D eigenvalue weighted by atomic mass is 10.2. The third kappa shape index (κ3) is 3.01. The van der Waals surface area contributed by atoms with Crippen LogP contribution in [-0.4, -0.2) is 44.2 Å². The number of para-hydroxylation sites is 1. The molecule has 1 aliphatic rings. The number of nitro groups is 1. The van der Waals surface area contributed by atoms with Crippen molar-refractivity contribution in [2.75, 3.05) is 35.8 Å². The fourth-order valence-electron chi connectivity index (χ4n) is 2.05. The maximum atomic E-state index is 11.7. The second-order valence-corrected chi connectivity index (χ2v) is 7.46. The van der Waals surface area contributed by atoms with Gasteiger partial charge in [-0.15, -0.1) is 0 Å². The molecule has 0 unspecified atom stereocenters. The summed E-state index contributed by atoms with van der Waals surface area (Å²) in [5.74, 6) is 1.78. The minimum Gasteiger partial charge on any atom is -0.364 e. The van der Waals surface area contributed by atoms with E-state index < -0.39 is 14.8 Å².